The van der Waals surface area contributed by atoms with Crippen LogP contribution in [-0.4, -0.2) is 43.7 Å². The molecular weight excluding hydrogens is 238 g/mol. The van der Waals surface area contributed by atoms with E-state index >= 15 is 0 Å². The molecule has 0 bridgehead atoms. The molecule has 0 N–H and O–H groups in total. The highest BCUT2D eigenvalue weighted by Crippen LogP contribution is 2.24. The van der Waals surface area contributed by atoms with Crippen molar-refractivity contribution >= 4 is 10.2 Å². The van der Waals surface area contributed by atoms with Gasteiger partial charge in [-0.2, -0.15) is 22.3 Å². The Morgan fingerprint density at radius 1 is 1.24 bits per heavy atom. The van der Waals surface area contributed by atoms with Crippen molar-refractivity contribution in [3.63, 3.8) is 0 Å². The Morgan fingerprint density at radius 2 is 1.82 bits per heavy atom. The van der Waals surface area contributed by atoms with Crippen molar-refractivity contribution < 1.29 is 8.42 Å². The van der Waals surface area contributed by atoms with Crippen LogP contribution >= 0.6 is 0 Å². The first kappa shape index (κ1) is 14.4. The van der Waals surface area contributed by atoms with Gasteiger partial charge in [0.25, 0.3) is 10.2 Å². The Kier molecular flexibility index (Phi) is 5.37. The second kappa shape index (κ2) is 6.34. The minimum absolute atomic E-state index is 0.123. The zero-order valence-corrected chi connectivity index (χ0v) is 11.4. The van der Waals surface area contributed by atoms with E-state index in [-0.39, 0.29) is 19.0 Å². The SMILES string of the molecule is CN(CCC#N)S(=O)(=O)N(C)C1CCCCC1. The Balaban J connectivity index is 2.65. The fourth-order valence-electron chi connectivity index (χ4n) is 2.18. The van der Waals surface area contributed by atoms with Crippen LogP contribution < -0.4 is 0 Å². The number of hydrogen-bond acceptors (Lipinski definition) is 3. The van der Waals surface area contributed by atoms with Gasteiger partial charge in [0, 0.05) is 33.1 Å². The maximum atomic E-state index is 12.2. The molecule has 1 saturated carbocycles. The van der Waals surface area contributed by atoms with Gasteiger partial charge in [-0.25, -0.2) is 0 Å². The fourth-order valence-corrected chi connectivity index (χ4v) is 3.53. The van der Waals surface area contributed by atoms with E-state index in [4.69, 9.17) is 5.26 Å². The minimum Gasteiger partial charge on any atom is -0.198 e. The third kappa shape index (κ3) is 3.66. The van der Waals surface area contributed by atoms with Crippen LogP contribution in [-0.2, 0) is 10.2 Å². The number of hydrogen-bond donors (Lipinski definition) is 0. The van der Waals surface area contributed by atoms with E-state index in [9.17, 15) is 8.42 Å². The second-order valence-electron chi connectivity index (χ2n) is 4.55. The summed E-state index contributed by atoms with van der Waals surface area (Å²) in [6.07, 6.45) is 5.53. The van der Waals surface area contributed by atoms with Gasteiger partial charge in [-0.15, -0.1) is 0 Å². The molecule has 5 nitrogen and oxygen atoms in total. The predicted octanol–water partition coefficient (Wildman–Crippen LogP) is 1.34. The van der Waals surface area contributed by atoms with Gasteiger partial charge < -0.3 is 0 Å². The smallest absolute Gasteiger partial charge is 0.198 e. The van der Waals surface area contributed by atoms with Crippen molar-refractivity contribution in [1.82, 2.24) is 8.61 Å². The summed E-state index contributed by atoms with van der Waals surface area (Å²) in [4.78, 5) is 0. The summed E-state index contributed by atoms with van der Waals surface area (Å²) in [5.41, 5.74) is 0. The molecule has 0 unspecified atom stereocenters. The molecule has 0 spiro atoms. The average molecular weight is 259 g/mol. The Morgan fingerprint density at radius 3 is 2.35 bits per heavy atom. The molecule has 0 saturated heterocycles. The molecule has 0 aromatic rings. The molecule has 0 heterocycles. The lowest BCUT2D eigenvalue weighted by Crippen LogP contribution is -2.45. The molecule has 1 aliphatic carbocycles. The van der Waals surface area contributed by atoms with E-state index in [1.807, 2.05) is 6.07 Å². The molecule has 0 aromatic heterocycles. The van der Waals surface area contributed by atoms with E-state index < -0.39 is 10.2 Å². The maximum absolute atomic E-state index is 12.2. The molecule has 17 heavy (non-hydrogen) atoms. The molecular formula is C11H21N3O2S. The largest absolute Gasteiger partial charge is 0.281 e. The van der Waals surface area contributed by atoms with Crippen LogP contribution in [0.15, 0.2) is 0 Å². The van der Waals surface area contributed by atoms with Crippen molar-refractivity contribution in [2.24, 2.45) is 0 Å². The summed E-state index contributed by atoms with van der Waals surface area (Å²) in [6, 6.07) is 2.09. The van der Waals surface area contributed by atoms with Crippen molar-refractivity contribution in [1.29, 1.82) is 5.26 Å². The first-order valence-electron chi connectivity index (χ1n) is 6.06. The first-order valence-corrected chi connectivity index (χ1v) is 7.46. The third-order valence-corrected chi connectivity index (χ3v) is 5.38. The van der Waals surface area contributed by atoms with Gasteiger partial charge in [-0.3, -0.25) is 0 Å². The van der Waals surface area contributed by atoms with Gasteiger partial charge in [0.1, 0.15) is 0 Å². The van der Waals surface area contributed by atoms with Crippen LogP contribution in [0.3, 0.4) is 0 Å². The molecule has 98 valence electrons. The van der Waals surface area contributed by atoms with Crippen molar-refractivity contribution in [2.45, 2.75) is 44.6 Å². The summed E-state index contributed by atoms with van der Waals surface area (Å²) in [7, 11) is -0.215. The molecule has 0 radical (unpaired) electrons. The van der Waals surface area contributed by atoms with Gasteiger partial charge in [0.15, 0.2) is 0 Å². The molecule has 6 heteroatoms. The predicted molar refractivity (Wildman–Crippen MR) is 66.4 cm³/mol. The molecule has 0 amide bonds. The highest BCUT2D eigenvalue weighted by molar-refractivity contribution is 7.86. The van der Waals surface area contributed by atoms with Crippen molar-refractivity contribution in [2.75, 3.05) is 20.6 Å². The maximum Gasteiger partial charge on any atom is 0.281 e. The van der Waals surface area contributed by atoms with Crippen LogP contribution in [0.5, 0.6) is 0 Å². The Labute approximate surface area is 104 Å². The van der Waals surface area contributed by atoms with E-state index in [0.717, 1.165) is 25.7 Å². The molecule has 1 aliphatic rings. The van der Waals surface area contributed by atoms with E-state index in [1.165, 1.54) is 22.1 Å². The zero-order valence-electron chi connectivity index (χ0n) is 10.6. The monoisotopic (exact) mass is 259 g/mol. The van der Waals surface area contributed by atoms with Gasteiger partial charge in [-0.1, -0.05) is 19.3 Å². The average Bonchev–Trinajstić information content (AvgIpc) is 2.35. The van der Waals surface area contributed by atoms with Gasteiger partial charge in [0.2, 0.25) is 0 Å². The lowest BCUT2D eigenvalue weighted by Gasteiger charge is -2.33. The molecule has 0 aromatic carbocycles. The lowest BCUT2D eigenvalue weighted by molar-refractivity contribution is 0.269. The topological polar surface area (TPSA) is 64.4 Å². The van der Waals surface area contributed by atoms with E-state index in [0.29, 0.717) is 0 Å². The van der Waals surface area contributed by atoms with Crippen LogP contribution in [0, 0.1) is 11.3 Å². The van der Waals surface area contributed by atoms with Gasteiger partial charge in [-0.05, 0) is 12.8 Å². The molecule has 1 fully saturated rings. The normalized spacial score (nSPS) is 18.5. The first-order chi connectivity index (χ1) is 8.00. The molecule has 0 atom stereocenters. The van der Waals surface area contributed by atoms with Crippen molar-refractivity contribution in [3.8, 4) is 6.07 Å². The Hall–Kier alpha value is -0.640. The fraction of sp³-hybridized carbons (Fsp3) is 0.909. The summed E-state index contributed by atoms with van der Waals surface area (Å²) in [5, 5.41) is 8.48. The summed E-state index contributed by atoms with van der Waals surface area (Å²) in [6.45, 7) is 0.260. The standard InChI is InChI=1S/C11H21N3O2S/c1-13(10-6-9-12)17(15,16)14(2)11-7-4-3-5-8-11/h11H,3-8,10H2,1-2H3. The minimum atomic E-state index is -3.40. The number of nitriles is 1. The van der Waals surface area contributed by atoms with Crippen LogP contribution in [0.4, 0.5) is 0 Å². The second-order valence-corrected chi connectivity index (χ2v) is 6.64. The highest BCUT2D eigenvalue weighted by atomic mass is 32.2. The zero-order chi connectivity index (χ0) is 12.9. The van der Waals surface area contributed by atoms with Crippen LogP contribution in [0.25, 0.3) is 0 Å². The molecule has 0 aliphatic heterocycles. The quantitative estimate of drug-likeness (QED) is 0.748. The van der Waals surface area contributed by atoms with Crippen LogP contribution in [0.2, 0.25) is 0 Å². The van der Waals surface area contributed by atoms with Gasteiger partial charge >= 0.3 is 0 Å². The van der Waals surface area contributed by atoms with E-state index in [1.54, 1.807) is 7.05 Å². The summed E-state index contributed by atoms with van der Waals surface area (Å²) in [5.74, 6) is 0. The van der Waals surface area contributed by atoms with E-state index in [2.05, 4.69) is 0 Å². The summed E-state index contributed by atoms with van der Waals surface area (Å²) < 4.78 is 27.1. The number of nitrogens with zero attached hydrogens (tertiary/aromatic N) is 3. The van der Waals surface area contributed by atoms with Gasteiger partial charge in [0.05, 0.1) is 6.07 Å². The third-order valence-electron chi connectivity index (χ3n) is 3.39. The highest BCUT2D eigenvalue weighted by Gasteiger charge is 2.30. The molecule has 1 rings (SSSR count). The Bertz CT molecular complexity index is 369. The lowest BCUT2D eigenvalue weighted by atomic mass is 9.96. The van der Waals surface area contributed by atoms with Crippen LogP contribution in [0.1, 0.15) is 38.5 Å². The number of rotatable bonds is 5. The van der Waals surface area contributed by atoms with Crippen molar-refractivity contribution in [3.05, 3.63) is 0 Å². The summed E-state index contributed by atoms with van der Waals surface area (Å²) >= 11 is 0.